The number of aromatic nitrogens is 2. The normalized spacial score (nSPS) is 17.0. The number of anilines is 2. The van der Waals surface area contributed by atoms with Gasteiger partial charge in [-0.25, -0.2) is 18.4 Å². The van der Waals surface area contributed by atoms with Crippen molar-refractivity contribution < 1.29 is 13.2 Å². The van der Waals surface area contributed by atoms with E-state index in [0.29, 0.717) is 28.4 Å². The molecule has 1 aliphatic rings. The summed E-state index contributed by atoms with van der Waals surface area (Å²) in [6.07, 6.45) is 2.05. The fourth-order valence-electron chi connectivity index (χ4n) is 3.03. The number of benzene rings is 2. The first-order valence-electron chi connectivity index (χ1n) is 8.92. The highest BCUT2D eigenvalue weighted by Crippen LogP contribution is 2.25. The van der Waals surface area contributed by atoms with Gasteiger partial charge in [0.25, 0.3) is 10.0 Å². The Morgan fingerprint density at radius 1 is 1.07 bits per heavy atom. The van der Waals surface area contributed by atoms with Crippen molar-refractivity contribution >= 4 is 44.3 Å². The fourth-order valence-corrected chi connectivity index (χ4v) is 4.34. The molecule has 0 aliphatic carbocycles. The van der Waals surface area contributed by atoms with Crippen LogP contribution in [0.15, 0.2) is 53.4 Å². The number of nitrogens with zero attached hydrogens (tertiary/aromatic N) is 2. The number of ether oxygens (including phenoxy) is 1. The molecule has 0 spiro atoms. The average Bonchev–Trinajstić information content (AvgIpc) is 3.20. The van der Waals surface area contributed by atoms with Crippen molar-refractivity contribution in [3.8, 4) is 0 Å². The molecule has 0 saturated carbocycles. The number of nitrogens with one attached hydrogen (secondary N) is 2. The van der Waals surface area contributed by atoms with Gasteiger partial charge in [-0.1, -0.05) is 29.8 Å². The van der Waals surface area contributed by atoms with Gasteiger partial charge in [0, 0.05) is 18.2 Å². The number of para-hydroxylation sites is 2. The van der Waals surface area contributed by atoms with Crippen LogP contribution in [0, 0.1) is 0 Å². The minimum atomic E-state index is -3.87. The van der Waals surface area contributed by atoms with Crippen LogP contribution in [0.2, 0.25) is 5.02 Å². The van der Waals surface area contributed by atoms with E-state index in [0.717, 1.165) is 19.4 Å². The molecule has 1 aromatic heterocycles. The monoisotopic (exact) mass is 418 g/mol. The van der Waals surface area contributed by atoms with Crippen molar-refractivity contribution in [2.24, 2.45) is 0 Å². The molecular formula is C19H19ClN4O3S. The van der Waals surface area contributed by atoms with Crippen molar-refractivity contribution in [1.82, 2.24) is 9.97 Å². The first-order valence-corrected chi connectivity index (χ1v) is 10.8. The number of sulfonamides is 1. The molecule has 1 saturated heterocycles. The van der Waals surface area contributed by atoms with Gasteiger partial charge in [0.15, 0.2) is 11.6 Å². The Morgan fingerprint density at radius 3 is 2.50 bits per heavy atom. The molecule has 2 aromatic carbocycles. The van der Waals surface area contributed by atoms with Gasteiger partial charge in [-0.2, -0.15) is 0 Å². The van der Waals surface area contributed by atoms with Gasteiger partial charge < -0.3 is 10.1 Å². The summed E-state index contributed by atoms with van der Waals surface area (Å²) in [4.78, 5) is 9.07. The molecule has 146 valence electrons. The summed E-state index contributed by atoms with van der Waals surface area (Å²) in [6.45, 7) is 1.27. The summed E-state index contributed by atoms with van der Waals surface area (Å²) in [5.41, 5.74) is 1.26. The Hall–Kier alpha value is -2.42. The Labute approximate surface area is 168 Å². The van der Waals surface area contributed by atoms with Gasteiger partial charge in [0.2, 0.25) is 0 Å². The van der Waals surface area contributed by atoms with Crippen LogP contribution in [0.25, 0.3) is 11.0 Å². The molecule has 1 aliphatic heterocycles. The summed E-state index contributed by atoms with van der Waals surface area (Å²) in [5.74, 6) is 0.497. The van der Waals surface area contributed by atoms with E-state index in [4.69, 9.17) is 16.3 Å². The van der Waals surface area contributed by atoms with Gasteiger partial charge in [-0.3, -0.25) is 4.72 Å². The first kappa shape index (κ1) is 18.9. The van der Waals surface area contributed by atoms with E-state index in [1.165, 1.54) is 12.1 Å². The Bertz CT molecular complexity index is 1100. The zero-order chi connectivity index (χ0) is 19.6. The fraction of sp³-hybridized carbons (Fsp3) is 0.263. The summed E-state index contributed by atoms with van der Waals surface area (Å²) < 4.78 is 33.8. The predicted octanol–water partition coefficient (Wildman–Crippen LogP) is 3.67. The Morgan fingerprint density at radius 2 is 1.82 bits per heavy atom. The molecule has 0 unspecified atom stereocenters. The molecule has 1 atom stereocenters. The maximum Gasteiger partial charge on any atom is 0.263 e. The SMILES string of the molecule is O=S(=O)(Nc1nc2ccccc2nc1NC[C@@H]1CCCO1)c1cccc(Cl)c1. The molecule has 0 bridgehead atoms. The number of hydrogen-bond acceptors (Lipinski definition) is 6. The van der Waals surface area contributed by atoms with Crippen molar-refractivity contribution in [1.29, 1.82) is 0 Å². The summed E-state index contributed by atoms with van der Waals surface area (Å²) >= 11 is 5.94. The van der Waals surface area contributed by atoms with Crippen LogP contribution in [0.3, 0.4) is 0 Å². The minimum absolute atomic E-state index is 0.0556. The van der Waals surface area contributed by atoms with Crippen molar-refractivity contribution in [2.45, 2.75) is 23.8 Å². The quantitative estimate of drug-likeness (QED) is 0.634. The standard InChI is InChI=1S/C19H19ClN4O3S/c20-13-5-3-7-15(11-13)28(25,26)24-19-18(21-12-14-6-4-10-27-14)22-16-8-1-2-9-17(16)23-19/h1-3,5,7-9,11,14H,4,6,10,12H2,(H,21,22)(H,23,24)/t14-/m0/s1. The van der Waals surface area contributed by atoms with E-state index < -0.39 is 10.0 Å². The van der Waals surface area contributed by atoms with Crippen LogP contribution in [0.5, 0.6) is 0 Å². The molecule has 7 nitrogen and oxygen atoms in total. The van der Waals surface area contributed by atoms with E-state index in [-0.39, 0.29) is 16.8 Å². The molecular weight excluding hydrogens is 400 g/mol. The lowest BCUT2D eigenvalue weighted by Gasteiger charge is -2.16. The molecule has 0 radical (unpaired) electrons. The van der Waals surface area contributed by atoms with Crippen molar-refractivity contribution in [3.05, 3.63) is 53.6 Å². The van der Waals surface area contributed by atoms with Gasteiger partial charge in [-0.05, 0) is 43.2 Å². The maximum absolute atomic E-state index is 12.8. The first-order chi connectivity index (χ1) is 13.5. The lowest BCUT2D eigenvalue weighted by atomic mass is 10.2. The van der Waals surface area contributed by atoms with Gasteiger partial charge >= 0.3 is 0 Å². The zero-order valence-corrected chi connectivity index (χ0v) is 16.5. The zero-order valence-electron chi connectivity index (χ0n) is 14.9. The smallest absolute Gasteiger partial charge is 0.263 e. The highest BCUT2D eigenvalue weighted by atomic mass is 35.5. The highest BCUT2D eigenvalue weighted by molar-refractivity contribution is 7.92. The van der Waals surface area contributed by atoms with Crippen molar-refractivity contribution in [3.63, 3.8) is 0 Å². The van der Waals surface area contributed by atoms with Crippen LogP contribution in [0.1, 0.15) is 12.8 Å². The van der Waals surface area contributed by atoms with E-state index in [2.05, 4.69) is 20.0 Å². The lowest BCUT2D eigenvalue weighted by molar-refractivity contribution is 0.120. The van der Waals surface area contributed by atoms with Gasteiger partial charge in [0.05, 0.1) is 22.0 Å². The molecule has 4 rings (SSSR count). The second-order valence-corrected chi connectivity index (χ2v) is 8.61. The largest absolute Gasteiger partial charge is 0.376 e. The Balaban J connectivity index is 1.68. The van der Waals surface area contributed by atoms with E-state index in [9.17, 15) is 8.42 Å². The number of hydrogen-bond donors (Lipinski definition) is 2. The van der Waals surface area contributed by atoms with Crippen LogP contribution < -0.4 is 10.0 Å². The van der Waals surface area contributed by atoms with E-state index in [1.54, 1.807) is 18.2 Å². The second kappa shape index (κ2) is 7.90. The molecule has 1 fully saturated rings. The lowest BCUT2D eigenvalue weighted by Crippen LogP contribution is -2.21. The number of fused-ring (bicyclic) bond motifs is 1. The third-order valence-electron chi connectivity index (χ3n) is 4.43. The molecule has 0 amide bonds. The van der Waals surface area contributed by atoms with Gasteiger partial charge in [-0.15, -0.1) is 0 Å². The van der Waals surface area contributed by atoms with Crippen LogP contribution in [-0.4, -0.2) is 37.6 Å². The average molecular weight is 419 g/mol. The maximum atomic E-state index is 12.8. The van der Waals surface area contributed by atoms with Crippen molar-refractivity contribution in [2.75, 3.05) is 23.2 Å². The highest BCUT2D eigenvalue weighted by Gasteiger charge is 2.21. The second-order valence-electron chi connectivity index (χ2n) is 6.49. The summed E-state index contributed by atoms with van der Waals surface area (Å²) in [7, 11) is -3.87. The Kier molecular flexibility index (Phi) is 5.34. The van der Waals surface area contributed by atoms with E-state index >= 15 is 0 Å². The van der Waals surface area contributed by atoms with E-state index in [1.807, 2.05) is 18.2 Å². The van der Waals surface area contributed by atoms with Crippen LogP contribution >= 0.6 is 11.6 Å². The third kappa shape index (κ3) is 4.19. The summed E-state index contributed by atoms with van der Waals surface area (Å²) in [5, 5.41) is 3.52. The van der Waals surface area contributed by atoms with Crippen LogP contribution in [-0.2, 0) is 14.8 Å². The van der Waals surface area contributed by atoms with Crippen LogP contribution in [0.4, 0.5) is 11.6 Å². The minimum Gasteiger partial charge on any atom is -0.376 e. The molecule has 2 N–H and O–H groups in total. The number of halogens is 1. The molecule has 2 heterocycles. The molecule has 28 heavy (non-hydrogen) atoms. The summed E-state index contributed by atoms with van der Waals surface area (Å²) in [6, 6.07) is 13.4. The topological polar surface area (TPSA) is 93.2 Å². The number of rotatable bonds is 6. The molecule has 9 heteroatoms. The predicted molar refractivity (Wildman–Crippen MR) is 109 cm³/mol. The van der Waals surface area contributed by atoms with Gasteiger partial charge in [0.1, 0.15) is 0 Å². The third-order valence-corrected chi connectivity index (χ3v) is 6.00. The molecule has 3 aromatic rings.